The number of carbonyl (C=O) groups is 1. The molecule has 0 aliphatic heterocycles. The predicted octanol–water partition coefficient (Wildman–Crippen LogP) is 2.22. The lowest BCUT2D eigenvalue weighted by molar-refractivity contribution is 0.254. The number of sulfonamides is 1. The molecule has 0 fully saturated rings. The number of nitrogens with one attached hydrogen (secondary N) is 4. The zero-order valence-electron chi connectivity index (χ0n) is 13.3. The Hall–Kier alpha value is -2.62. The average Bonchev–Trinajstić information content (AvgIpc) is 3.01. The minimum Gasteiger partial charge on any atom is -0.341 e. The number of imidazole rings is 1. The number of urea groups is 1. The van der Waals surface area contributed by atoms with Gasteiger partial charge in [0, 0.05) is 13.0 Å². The lowest BCUT2D eigenvalue weighted by Crippen LogP contribution is -2.25. The van der Waals surface area contributed by atoms with Crippen LogP contribution in [0.15, 0.2) is 29.4 Å². The molecule has 1 heterocycles. The second-order valence-corrected chi connectivity index (χ2v) is 6.94. The maximum absolute atomic E-state index is 13.7. The molecule has 8 nitrogen and oxygen atoms in total. The van der Waals surface area contributed by atoms with Crippen LogP contribution in [-0.4, -0.2) is 31.5 Å². The van der Waals surface area contributed by atoms with Crippen molar-refractivity contribution < 1.29 is 17.6 Å². The molecule has 0 atom stereocenters. The van der Waals surface area contributed by atoms with Crippen LogP contribution in [0.4, 0.5) is 20.6 Å². The van der Waals surface area contributed by atoms with Crippen LogP contribution < -0.4 is 15.4 Å². The molecule has 0 bridgehead atoms. The molecule has 130 valence electrons. The van der Waals surface area contributed by atoms with Crippen LogP contribution in [-0.2, 0) is 10.0 Å². The smallest absolute Gasteiger partial charge is 0.319 e. The number of benzene rings is 1. The number of aromatic nitrogens is 2. The number of rotatable bonds is 5. The number of H-pyrrole nitrogens is 1. The van der Waals surface area contributed by atoms with E-state index in [0.717, 1.165) is 6.07 Å². The molecule has 2 amide bonds. The van der Waals surface area contributed by atoms with Crippen molar-refractivity contribution in [3.05, 3.63) is 36.0 Å². The van der Waals surface area contributed by atoms with Gasteiger partial charge in [0.1, 0.15) is 11.6 Å². The molecular weight excluding hydrogens is 337 g/mol. The van der Waals surface area contributed by atoms with Crippen LogP contribution in [0, 0.1) is 5.82 Å². The number of carbonyl (C=O) groups excluding carboxylic acids is 1. The number of amides is 2. The van der Waals surface area contributed by atoms with E-state index in [2.05, 4.69) is 25.3 Å². The fourth-order valence-electron chi connectivity index (χ4n) is 1.83. The summed E-state index contributed by atoms with van der Waals surface area (Å²) in [6.07, 6.45) is 1.21. The van der Waals surface area contributed by atoms with Gasteiger partial charge < -0.3 is 15.6 Å². The Labute approximate surface area is 138 Å². The van der Waals surface area contributed by atoms with Gasteiger partial charge in [-0.15, -0.1) is 0 Å². The number of hydrogen-bond donors (Lipinski definition) is 4. The van der Waals surface area contributed by atoms with E-state index in [9.17, 15) is 17.6 Å². The van der Waals surface area contributed by atoms with E-state index >= 15 is 0 Å². The molecule has 1 aromatic heterocycles. The highest BCUT2D eigenvalue weighted by Gasteiger charge is 2.19. The fraction of sp³-hybridized carbons (Fsp3) is 0.286. The molecular formula is C14H18FN5O3S. The third-order valence-corrected chi connectivity index (χ3v) is 4.39. The zero-order valence-corrected chi connectivity index (χ0v) is 14.2. The van der Waals surface area contributed by atoms with Gasteiger partial charge in [-0.05, 0) is 18.2 Å². The molecule has 0 saturated carbocycles. The van der Waals surface area contributed by atoms with Gasteiger partial charge in [0.15, 0.2) is 5.03 Å². The van der Waals surface area contributed by atoms with Crippen LogP contribution in [0.5, 0.6) is 0 Å². The first-order valence-electron chi connectivity index (χ1n) is 7.09. The average molecular weight is 355 g/mol. The Bertz CT molecular complexity index is 848. The van der Waals surface area contributed by atoms with Crippen molar-refractivity contribution in [1.29, 1.82) is 0 Å². The highest BCUT2D eigenvalue weighted by molar-refractivity contribution is 7.92. The molecule has 0 aliphatic carbocycles. The summed E-state index contributed by atoms with van der Waals surface area (Å²) >= 11 is 0. The Balaban J connectivity index is 2.25. The molecule has 4 N–H and O–H groups in total. The lowest BCUT2D eigenvalue weighted by Gasteiger charge is -2.10. The predicted molar refractivity (Wildman–Crippen MR) is 88.0 cm³/mol. The largest absolute Gasteiger partial charge is 0.341 e. The Morgan fingerprint density at radius 3 is 2.62 bits per heavy atom. The van der Waals surface area contributed by atoms with E-state index in [1.165, 1.54) is 25.4 Å². The molecule has 0 saturated heterocycles. The van der Waals surface area contributed by atoms with Crippen molar-refractivity contribution in [1.82, 2.24) is 15.3 Å². The molecule has 10 heteroatoms. The standard InChI is InChI=1S/C14H18FN5O3S/c1-8(2)13-17-7-12(19-13)24(22,23)20-9-4-5-10(15)11(6-9)18-14(21)16-3/h4-8,20H,1-3H3,(H,17,19)(H2,16,18,21). The third kappa shape index (κ3) is 4.02. The molecule has 0 aliphatic rings. The maximum atomic E-state index is 13.7. The van der Waals surface area contributed by atoms with Gasteiger partial charge in [-0.1, -0.05) is 13.8 Å². The van der Waals surface area contributed by atoms with Crippen LogP contribution in [0.1, 0.15) is 25.6 Å². The summed E-state index contributed by atoms with van der Waals surface area (Å²) in [5, 5.41) is 4.44. The van der Waals surface area contributed by atoms with Gasteiger partial charge in [0.05, 0.1) is 17.6 Å². The summed E-state index contributed by atoms with van der Waals surface area (Å²) in [7, 11) is -2.53. The van der Waals surface area contributed by atoms with Crippen molar-refractivity contribution in [3.63, 3.8) is 0 Å². The Morgan fingerprint density at radius 1 is 1.33 bits per heavy atom. The van der Waals surface area contributed by atoms with Gasteiger partial charge in [-0.25, -0.2) is 14.2 Å². The van der Waals surface area contributed by atoms with Crippen LogP contribution >= 0.6 is 0 Å². The number of aromatic amines is 1. The van der Waals surface area contributed by atoms with Gasteiger partial charge in [-0.2, -0.15) is 8.42 Å². The van der Waals surface area contributed by atoms with Crippen LogP contribution in [0.3, 0.4) is 0 Å². The summed E-state index contributed by atoms with van der Waals surface area (Å²) < 4.78 is 40.7. The fourth-order valence-corrected chi connectivity index (χ4v) is 2.81. The van der Waals surface area contributed by atoms with E-state index in [0.29, 0.717) is 5.82 Å². The molecule has 0 spiro atoms. The van der Waals surface area contributed by atoms with E-state index in [-0.39, 0.29) is 22.3 Å². The summed E-state index contributed by atoms with van der Waals surface area (Å²) in [5.74, 6) is -0.107. The minimum atomic E-state index is -3.91. The first-order chi connectivity index (χ1) is 11.2. The highest BCUT2D eigenvalue weighted by Crippen LogP contribution is 2.22. The second-order valence-electron chi connectivity index (χ2n) is 5.29. The van der Waals surface area contributed by atoms with E-state index in [1.54, 1.807) is 0 Å². The number of nitrogens with zero attached hydrogens (tertiary/aromatic N) is 1. The minimum absolute atomic E-state index is 0.0446. The maximum Gasteiger partial charge on any atom is 0.319 e. The molecule has 2 aromatic rings. The number of halogens is 1. The quantitative estimate of drug-likeness (QED) is 0.658. The normalized spacial score (nSPS) is 11.4. The molecule has 24 heavy (non-hydrogen) atoms. The van der Waals surface area contributed by atoms with Crippen molar-refractivity contribution >= 4 is 27.4 Å². The number of anilines is 2. The van der Waals surface area contributed by atoms with Crippen molar-refractivity contribution in [3.8, 4) is 0 Å². The van der Waals surface area contributed by atoms with Gasteiger partial charge in [0.2, 0.25) is 0 Å². The zero-order chi connectivity index (χ0) is 17.9. The monoisotopic (exact) mass is 355 g/mol. The summed E-state index contributed by atoms with van der Waals surface area (Å²) in [5.41, 5.74) is -0.0504. The van der Waals surface area contributed by atoms with Gasteiger partial charge in [0.25, 0.3) is 10.0 Å². The number of hydrogen-bond acceptors (Lipinski definition) is 4. The lowest BCUT2D eigenvalue weighted by atomic mass is 10.2. The Kier molecular flexibility index (Phi) is 5.07. The van der Waals surface area contributed by atoms with Gasteiger partial charge >= 0.3 is 6.03 Å². The first-order valence-corrected chi connectivity index (χ1v) is 8.57. The highest BCUT2D eigenvalue weighted by atomic mass is 32.2. The topological polar surface area (TPSA) is 116 Å². The Morgan fingerprint density at radius 2 is 2.04 bits per heavy atom. The SMILES string of the molecule is CNC(=O)Nc1cc(NS(=O)(=O)c2cnc(C(C)C)[nH]2)ccc1F. The molecule has 1 aromatic carbocycles. The van der Waals surface area contributed by atoms with E-state index < -0.39 is 21.9 Å². The van der Waals surface area contributed by atoms with Crippen molar-refractivity contribution in [2.75, 3.05) is 17.1 Å². The summed E-state index contributed by atoms with van der Waals surface area (Å²) in [4.78, 5) is 18.0. The first kappa shape index (κ1) is 17.7. The molecule has 0 unspecified atom stereocenters. The third-order valence-electron chi connectivity index (χ3n) is 3.10. The van der Waals surface area contributed by atoms with Crippen molar-refractivity contribution in [2.45, 2.75) is 24.8 Å². The summed E-state index contributed by atoms with van der Waals surface area (Å²) in [6, 6.07) is 2.86. The van der Waals surface area contributed by atoms with E-state index in [1.807, 2.05) is 13.8 Å². The van der Waals surface area contributed by atoms with Gasteiger partial charge in [-0.3, -0.25) is 4.72 Å². The van der Waals surface area contributed by atoms with Crippen LogP contribution in [0.2, 0.25) is 0 Å². The molecule has 2 rings (SSSR count). The van der Waals surface area contributed by atoms with Crippen LogP contribution in [0.25, 0.3) is 0 Å². The molecule has 0 radical (unpaired) electrons. The van der Waals surface area contributed by atoms with E-state index in [4.69, 9.17) is 0 Å². The summed E-state index contributed by atoms with van der Waals surface area (Å²) in [6.45, 7) is 3.75. The second kappa shape index (κ2) is 6.87. The van der Waals surface area contributed by atoms with Crippen molar-refractivity contribution in [2.24, 2.45) is 0 Å².